The third kappa shape index (κ3) is 4.21. The number of amides is 1. The standard InChI is InChI=1S/C16H21NO4/c1-11-7-12(2)9-13(8-11)21-6-3-14(18)17-10-16(4-5-16)15(19)20/h7-9H,3-6,10H2,1-2H3,(H,17,18)(H,19,20). The molecule has 114 valence electrons. The lowest BCUT2D eigenvalue weighted by atomic mass is 10.1. The number of aliphatic carboxylic acids is 1. The topological polar surface area (TPSA) is 75.6 Å². The van der Waals surface area contributed by atoms with Gasteiger partial charge in [-0.25, -0.2) is 0 Å². The van der Waals surface area contributed by atoms with Crippen LogP contribution in [0.5, 0.6) is 5.75 Å². The van der Waals surface area contributed by atoms with E-state index in [0.717, 1.165) is 16.9 Å². The van der Waals surface area contributed by atoms with Gasteiger partial charge in [0.15, 0.2) is 0 Å². The zero-order chi connectivity index (χ0) is 15.5. The van der Waals surface area contributed by atoms with Gasteiger partial charge in [-0.1, -0.05) is 6.07 Å². The van der Waals surface area contributed by atoms with Crippen molar-refractivity contribution in [2.75, 3.05) is 13.2 Å². The Hall–Kier alpha value is -2.04. The molecular formula is C16H21NO4. The van der Waals surface area contributed by atoms with Gasteiger partial charge in [0, 0.05) is 6.54 Å². The Morgan fingerprint density at radius 1 is 1.24 bits per heavy atom. The molecular weight excluding hydrogens is 270 g/mol. The highest BCUT2D eigenvalue weighted by molar-refractivity contribution is 5.80. The molecule has 1 aliphatic rings. The van der Waals surface area contributed by atoms with Gasteiger partial charge in [-0.05, 0) is 49.9 Å². The molecule has 0 heterocycles. The molecule has 21 heavy (non-hydrogen) atoms. The largest absolute Gasteiger partial charge is 0.493 e. The SMILES string of the molecule is Cc1cc(C)cc(OCCC(=O)NCC2(C(=O)O)CC2)c1. The molecule has 0 radical (unpaired) electrons. The zero-order valence-corrected chi connectivity index (χ0v) is 12.4. The maximum Gasteiger partial charge on any atom is 0.311 e. The molecule has 1 amide bonds. The molecule has 1 aliphatic carbocycles. The molecule has 1 aromatic carbocycles. The van der Waals surface area contributed by atoms with Crippen molar-refractivity contribution in [3.63, 3.8) is 0 Å². The number of aryl methyl sites for hydroxylation is 2. The van der Waals surface area contributed by atoms with E-state index in [9.17, 15) is 9.59 Å². The Kier molecular flexibility index (Phi) is 4.50. The first-order valence-electron chi connectivity index (χ1n) is 7.12. The van der Waals surface area contributed by atoms with E-state index in [1.807, 2.05) is 26.0 Å². The first-order chi connectivity index (χ1) is 9.91. The lowest BCUT2D eigenvalue weighted by Crippen LogP contribution is -2.34. The first-order valence-corrected chi connectivity index (χ1v) is 7.12. The minimum absolute atomic E-state index is 0.174. The maximum absolute atomic E-state index is 11.7. The van der Waals surface area contributed by atoms with E-state index < -0.39 is 11.4 Å². The molecule has 2 N–H and O–H groups in total. The van der Waals surface area contributed by atoms with Crippen LogP contribution >= 0.6 is 0 Å². The summed E-state index contributed by atoms with van der Waals surface area (Å²) in [6.07, 6.45) is 1.51. The van der Waals surface area contributed by atoms with E-state index in [1.165, 1.54) is 0 Å². The van der Waals surface area contributed by atoms with Gasteiger partial charge in [0.05, 0.1) is 18.4 Å². The highest BCUT2D eigenvalue weighted by Crippen LogP contribution is 2.45. The average molecular weight is 291 g/mol. The molecule has 0 unspecified atom stereocenters. The summed E-state index contributed by atoms with van der Waals surface area (Å²) < 4.78 is 5.56. The number of carbonyl (C=O) groups excluding carboxylic acids is 1. The van der Waals surface area contributed by atoms with Gasteiger partial charge in [0.1, 0.15) is 5.75 Å². The molecule has 0 aliphatic heterocycles. The number of benzene rings is 1. The molecule has 0 aromatic heterocycles. The van der Waals surface area contributed by atoms with E-state index in [2.05, 4.69) is 11.4 Å². The van der Waals surface area contributed by atoms with Crippen molar-refractivity contribution in [3.8, 4) is 5.75 Å². The summed E-state index contributed by atoms with van der Waals surface area (Å²) in [5, 5.41) is 11.7. The van der Waals surface area contributed by atoms with Gasteiger partial charge in [-0.15, -0.1) is 0 Å². The number of hydrogen-bond acceptors (Lipinski definition) is 3. The number of hydrogen-bond donors (Lipinski definition) is 2. The van der Waals surface area contributed by atoms with Crippen LogP contribution < -0.4 is 10.1 Å². The number of carboxylic acids is 1. The Morgan fingerprint density at radius 3 is 2.38 bits per heavy atom. The fraction of sp³-hybridized carbons (Fsp3) is 0.500. The van der Waals surface area contributed by atoms with Gasteiger partial charge < -0.3 is 15.2 Å². The molecule has 1 saturated carbocycles. The van der Waals surface area contributed by atoms with E-state index in [0.29, 0.717) is 12.8 Å². The molecule has 0 saturated heterocycles. The van der Waals surface area contributed by atoms with Crippen LogP contribution in [0.4, 0.5) is 0 Å². The summed E-state index contributed by atoms with van der Waals surface area (Å²) in [6.45, 7) is 4.49. The van der Waals surface area contributed by atoms with Crippen LogP contribution in [0.3, 0.4) is 0 Å². The summed E-state index contributed by atoms with van der Waals surface area (Å²) in [4.78, 5) is 22.7. The number of rotatable bonds is 7. The van der Waals surface area contributed by atoms with Crippen molar-refractivity contribution in [1.82, 2.24) is 5.32 Å². The highest BCUT2D eigenvalue weighted by Gasteiger charge is 2.50. The summed E-state index contributed by atoms with van der Waals surface area (Å²) in [5.74, 6) is -0.245. The van der Waals surface area contributed by atoms with Gasteiger partial charge in [-0.2, -0.15) is 0 Å². The van der Waals surface area contributed by atoms with Crippen LogP contribution in [-0.2, 0) is 9.59 Å². The van der Waals surface area contributed by atoms with Crippen LogP contribution in [0.25, 0.3) is 0 Å². The van der Waals surface area contributed by atoms with Crippen molar-refractivity contribution in [1.29, 1.82) is 0 Å². The Bertz CT molecular complexity index is 529. The predicted octanol–water partition coefficient (Wildman–Crippen LogP) is 2.05. The number of carboxylic acid groups (broad SMARTS) is 1. The summed E-state index contributed by atoms with van der Waals surface area (Å²) in [6, 6.07) is 5.91. The monoisotopic (exact) mass is 291 g/mol. The predicted molar refractivity (Wildman–Crippen MR) is 78.3 cm³/mol. The number of nitrogens with one attached hydrogen (secondary N) is 1. The minimum Gasteiger partial charge on any atom is -0.493 e. The van der Waals surface area contributed by atoms with Crippen LogP contribution in [0.2, 0.25) is 0 Å². The van der Waals surface area contributed by atoms with Crippen LogP contribution in [-0.4, -0.2) is 30.1 Å². The smallest absolute Gasteiger partial charge is 0.311 e. The fourth-order valence-electron chi connectivity index (χ4n) is 2.25. The maximum atomic E-state index is 11.7. The molecule has 5 heteroatoms. The molecule has 0 bridgehead atoms. The molecule has 0 atom stereocenters. The van der Waals surface area contributed by atoms with Crippen LogP contribution in [0, 0.1) is 19.3 Å². The van der Waals surface area contributed by atoms with E-state index in [1.54, 1.807) is 0 Å². The summed E-state index contributed by atoms with van der Waals surface area (Å²) in [7, 11) is 0. The first kappa shape index (κ1) is 15.4. The minimum atomic E-state index is -0.825. The van der Waals surface area contributed by atoms with Crippen molar-refractivity contribution in [2.24, 2.45) is 5.41 Å². The lowest BCUT2D eigenvalue weighted by molar-refractivity contribution is -0.143. The quantitative estimate of drug-likeness (QED) is 0.806. The summed E-state index contributed by atoms with van der Waals surface area (Å²) in [5.41, 5.74) is 1.52. The molecule has 1 fully saturated rings. The van der Waals surface area contributed by atoms with Crippen LogP contribution in [0.1, 0.15) is 30.4 Å². The van der Waals surface area contributed by atoms with Crippen molar-refractivity contribution >= 4 is 11.9 Å². The van der Waals surface area contributed by atoms with Crippen molar-refractivity contribution in [3.05, 3.63) is 29.3 Å². The number of carbonyl (C=O) groups is 2. The molecule has 5 nitrogen and oxygen atoms in total. The second-order valence-electron chi connectivity index (χ2n) is 5.78. The van der Waals surface area contributed by atoms with Crippen LogP contribution in [0.15, 0.2) is 18.2 Å². The molecule has 0 spiro atoms. The van der Waals surface area contributed by atoms with Gasteiger partial charge >= 0.3 is 5.97 Å². The average Bonchev–Trinajstić information content (AvgIpc) is 3.16. The van der Waals surface area contributed by atoms with E-state index in [-0.39, 0.29) is 25.5 Å². The third-order valence-corrected chi connectivity index (χ3v) is 3.72. The molecule has 1 aromatic rings. The van der Waals surface area contributed by atoms with E-state index in [4.69, 9.17) is 9.84 Å². The second-order valence-corrected chi connectivity index (χ2v) is 5.78. The Balaban J connectivity index is 1.71. The van der Waals surface area contributed by atoms with Crippen molar-refractivity contribution < 1.29 is 19.4 Å². The van der Waals surface area contributed by atoms with Gasteiger partial charge in [-0.3, -0.25) is 9.59 Å². The highest BCUT2D eigenvalue weighted by atomic mass is 16.5. The summed E-state index contributed by atoms with van der Waals surface area (Å²) >= 11 is 0. The van der Waals surface area contributed by atoms with E-state index >= 15 is 0 Å². The fourth-order valence-corrected chi connectivity index (χ4v) is 2.25. The Labute approximate surface area is 124 Å². The lowest BCUT2D eigenvalue weighted by Gasteiger charge is -2.12. The second kappa shape index (κ2) is 6.16. The van der Waals surface area contributed by atoms with Crippen molar-refractivity contribution in [2.45, 2.75) is 33.1 Å². The zero-order valence-electron chi connectivity index (χ0n) is 12.4. The molecule has 2 rings (SSSR count). The normalized spacial score (nSPS) is 15.3. The Morgan fingerprint density at radius 2 is 1.86 bits per heavy atom. The van der Waals surface area contributed by atoms with Gasteiger partial charge in [0.2, 0.25) is 5.91 Å². The van der Waals surface area contributed by atoms with Gasteiger partial charge in [0.25, 0.3) is 0 Å². The number of ether oxygens (including phenoxy) is 1. The third-order valence-electron chi connectivity index (χ3n) is 3.72.